The van der Waals surface area contributed by atoms with Gasteiger partial charge in [0, 0.05) is 35.3 Å². The van der Waals surface area contributed by atoms with Crippen LogP contribution in [0.2, 0.25) is 0 Å². The summed E-state index contributed by atoms with van der Waals surface area (Å²) in [5, 5.41) is 5.13. The number of rotatable bonds is 5. The van der Waals surface area contributed by atoms with Crippen LogP contribution in [-0.2, 0) is 13.1 Å². The van der Waals surface area contributed by atoms with Gasteiger partial charge in [0.15, 0.2) is 5.82 Å². The summed E-state index contributed by atoms with van der Waals surface area (Å²) < 4.78 is 6.42. The van der Waals surface area contributed by atoms with Gasteiger partial charge < -0.3 is 10.3 Å². The average Bonchev–Trinajstić information content (AvgIpc) is 3.16. The van der Waals surface area contributed by atoms with Gasteiger partial charge in [-0.2, -0.15) is 0 Å². The Hall–Kier alpha value is -3.45. The Balaban J connectivity index is 2.11. The van der Waals surface area contributed by atoms with Gasteiger partial charge in [0.05, 0.1) is 0 Å². The molecule has 4 aromatic rings. The van der Waals surface area contributed by atoms with Crippen LogP contribution in [0.3, 0.4) is 0 Å². The quantitative estimate of drug-likeness (QED) is 0.544. The first-order valence-corrected chi connectivity index (χ1v) is 9.51. The van der Waals surface area contributed by atoms with Gasteiger partial charge in [-0.15, -0.1) is 0 Å². The number of aromatic amines is 1. The molecule has 0 aliphatic rings. The summed E-state index contributed by atoms with van der Waals surface area (Å²) in [6, 6.07) is 15.2. The van der Waals surface area contributed by atoms with Gasteiger partial charge in [0.2, 0.25) is 0 Å². The molecule has 2 aromatic heterocycles. The van der Waals surface area contributed by atoms with Crippen molar-refractivity contribution in [3.8, 4) is 22.5 Å². The van der Waals surface area contributed by atoms with Crippen molar-refractivity contribution in [2.45, 2.75) is 26.9 Å². The van der Waals surface area contributed by atoms with Crippen LogP contribution in [0.25, 0.3) is 33.3 Å². The zero-order chi connectivity index (χ0) is 20.5. The molecule has 0 saturated carbocycles. The molecular weight excluding hydrogens is 368 g/mol. The van der Waals surface area contributed by atoms with Gasteiger partial charge in [0.25, 0.3) is 5.56 Å². The van der Waals surface area contributed by atoms with E-state index in [1.807, 2.05) is 36.4 Å². The molecule has 2 heterocycles. The number of nitrogens with zero attached hydrogens (tertiary/aromatic N) is 2. The number of hydrogen-bond acceptors (Lipinski definition) is 5. The zero-order valence-electron chi connectivity index (χ0n) is 16.3. The van der Waals surface area contributed by atoms with Crippen LogP contribution in [-0.4, -0.2) is 14.7 Å². The lowest BCUT2D eigenvalue weighted by atomic mass is 9.95. The van der Waals surface area contributed by atoms with Gasteiger partial charge in [0.1, 0.15) is 0 Å². The van der Waals surface area contributed by atoms with Crippen LogP contribution in [0.15, 0.2) is 62.6 Å². The van der Waals surface area contributed by atoms with E-state index in [9.17, 15) is 9.59 Å². The van der Waals surface area contributed by atoms with Crippen LogP contribution >= 0.6 is 0 Å². The van der Waals surface area contributed by atoms with E-state index in [4.69, 9.17) is 5.73 Å². The highest BCUT2D eigenvalue weighted by Gasteiger charge is 2.19. The van der Waals surface area contributed by atoms with Crippen LogP contribution in [0, 0.1) is 5.92 Å². The number of H-pyrrole nitrogens is 1. The maximum absolute atomic E-state index is 13.3. The molecule has 0 amide bonds. The van der Waals surface area contributed by atoms with E-state index >= 15 is 0 Å². The Morgan fingerprint density at radius 3 is 2.45 bits per heavy atom. The number of fused-ring (bicyclic) bond motifs is 1. The Morgan fingerprint density at radius 2 is 1.83 bits per heavy atom. The molecule has 0 aliphatic heterocycles. The van der Waals surface area contributed by atoms with Crippen LogP contribution in [0.4, 0.5) is 0 Å². The second kappa shape index (κ2) is 7.52. The molecule has 0 saturated heterocycles. The first-order chi connectivity index (χ1) is 14.0. The Morgan fingerprint density at radius 1 is 1.07 bits per heavy atom. The van der Waals surface area contributed by atoms with Crippen molar-refractivity contribution in [2.24, 2.45) is 11.7 Å². The Labute approximate surface area is 166 Å². The summed E-state index contributed by atoms with van der Waals surface area (Å²) in [5.41, 5.74) is 9.40. The highest BCUT2D eigenvalue weighted by molar-refractivity contribution is 5.99. The predicted molar refractivity (Wildman–Crippen MR) is 112 cm³/mol. The molecule has 4 rings (SSSR count). The number of nitrogens with two attached hydrogens (primary N) is 1. The lowest BCUT2D eigenvalue weighted by Crippen LogP contribution is -2.28. The second-order valence-corrected chi connectivity index (χ2v) is 7.41. The maximum Gasteiger partial charge on any atom is 0.439 e. The fraction of sp³-hybridized carbons (Fsp3) is 0.227. The molecule has 0 fully saturated rings. The molecule has 0 radical (unpaired) electrons. The summed E-state index contributed by atoms with van der Waals surface area (Å²) in [4.78, 5) is 27.2. The highest BCUT2D eigenvalue weighted by Crippen LogP contribution is 2.33. The third-order valence-electron chi connectivity index (χ3n) is 4.90. The second-order valence-electron chi connectivity index (χ2n) is 7.41. The molecule has 7 heteroatoms. The number of aromatic nitrogens is 3. The minimum atomic E-state index is -0.627. The Kier molecular flexibility index (Phi) is 4.90. The SMILES string of the molecule is CC(C)Cn1c(CN)c(-c2ccccc2)c2cc(-c3noc(=O)[nH]3)ccc2c1=O. The monoisotopic (exact) mass is 390 g/mol. The molecule has 29 heavy (non-hydrogen) atoms. The van der Waals surface area contributed by atoms with Crippen LogP contribution < -0.4 is 17.0 Å². The van der Waals surface area contributed by atoms with Crippen LogP contribution in [0.5, 0.6) is 0 Å². The lowest BCUT2D eigenvalue weighted by molar-refractivity contribution is 0.388. The number of nitrogens with one attached hydrogen (secondary N) is 1. The predicted octanol–water partition coefficient (Wildman–Crippen LogP) is 3.13. The molecule has 0 aliphatic carbocycles. The molecule has 3 N–H and O–H groups in total. The molecule has 148 valence electrons. The minimum absolute atomic E-state index is 0.0750. The third-order valence-corrected chi connectivity index (χ3v) is 4.90. The molecule has 7 nitrogen and oxygen atoms in total. The van der Waals surface area contributed by atoms with E-state index in [2.05, 4.69) is 28.5 Å². The Bertz CT molecular complexity index is 1280. The summed E-state index contributed by atoms with van der Waals surface area (Å²) in [7, 11) is 0. The number of hydrogen-bond donors (Lipinski definition) is 2. The van der Waals surface area contributed by atoms with Gasteiger partial charge >= 0.3 is 5.76 Å². The first-order valence-electron chi connectivity index (χ1n) is 9.51. The molecule has 0 bridgehead atoms. The van der Waals surface area contributed by atoms with E-state index in [1.54, 1.807) is 16.7 Å². The largest absolute Gasteiger partial charge is 0.439 e. The smallest absolute Gasteiger partial charge is 0.325 e. The van der Waals surface area contributed by atoms with Crippen molar-refractivity contribution in [1.82, 2.24) is 14.7 Å². The molecular formula is C22H22N4O3. The van der Waals surface area contributed by atoms with E-state index < -0.39 is 5.76 Å². The molecule has 2 aromatic carbocycles. The summed E-state index contributed by atoms with van der Waals surface area (Å²) in [6.45, 7) is 4.96. The molecule has 0 unspecified atom stereocenters. The number of benzene rings is 2. The summed E-state index contributed by atoms with van der Waals surface area (Å²) in [5.74, 6) is -0.0199. The van der Waals surface area contributed by atoms with Gasteiger partial charge in [-0.3, -0.25) is 14.3 Å². The van der Waals surface area contributed by atoms with Crippen molar-refractivity contribution in [2.75, 3.05) is 0 Å². The first kappa shape index (κ1) is 18.9. The van der Waals surface area contributed by atoms with Crippen molar-refractivity contribution < 1.29 is 4.52 Å². The van der Waals surface area contributed by atoms with Crippen molar-refractivity contribution >= 4 is 10.8 Å². The molecule has 0 spiro atoms. The topological polar surface area (TPSA) is 107 Å². The third kappa shape index (κ3) is 3.40. The van der Waals surface area contributed by atoms with Crippen molar-refractivity contribution in [3.05, 3.63) is 75.1 Å². The lowest BCUT2D eigenvalue weighted by Gasteiger charge is -2.20. The number of pyridine rings is 1. The maximum atomic E-state index is 13.3. The average molecular weight is 390 g/mol. The van der Waals surface area contributed by atoms with Crippen LogP contribution in [0.1, 0.15) is 19.5 Å². The summed E-state index contributed by atoms with van der Waals surface area (Å²) in [6.07, 6.45) is 0. The highest BCUT2D eigenvalue weighted by atomic mass is 16.5. The molecule has 0 atom stereocenters. The van der Waals surface area contributed by atoms with E-state index in [-0.39, 0.29) is 12.1 Å². The van der Waals surface area contributed by atoms with Crippen molar-refractivity contribution in [3.63, 3.8) is 0 Å². The van der Waals surface area contributed by atoms with Crippen molar-refractivity contribution in [1.29, 1.82) is 0 Å². The fourth-order valence-electron chi connectivity index (χ4n) is 3.69. The minimum Gasteiger partial charge on any atom is -0.325 e. The normalized spacial score (nSPS) is 11.4. The zero-order valence-corrected chi connectivity index (χ0v) is 16.3. The standard InChI is InChI=1S/C22H22N4O3/c1-13(2)12-26-18(11-23)19(14-6-4-3-5-7-14)17-10-15(8-9-16(17)21(26)27)20-24-22(28)29-25-20/h3-10,13H,11-12,23H2,1-2H3,(H,24,25,28). The van der Waals surface area contributed by atoms with E-state index in [0.29, 0.717) is 29.2 Å². The summed E-state index contributed by atoms with van der Waals surface area (Å²) >= 11 is 0. The van der Waals surface area contributed by atoms with E-state index in [1.165, 1.54) is 0 Å². The van der Waals surface area contributed by atoms with Gasteiger partial charge in [-0.05, 0) is 29.0 Å². The van der Waals surface area contributed by atoms with Gasteiger partial charge in [-0.25, -0.2) is 4.79 Å². The fourth-order valence-corrected chi connectivity index (χ4v) is 3.69. The van der Waals surface area contributed by atoms with E-state index in [0.717, 1.165) is 22.2 Å². The van der Waals surface area contributed by atoms with Gasteiger partial charge in [-0.1, -0.05) is 55.4 Å².